The van der Waals surface area contributed by atoms with Crippen molar-refractivity contribution in [3.8, 4) is 0 Å². The van der Waals surface area contributed by atoms with Gasteiger partial charge in [0.1, 0.15) is 0 Å². The summed E-state index contributed by atoms with van der Waals surface area (Å²) in [4.78, 5) is 11.7. The molecule has 0 unspecified atom stereocenters. The van der Waals surface area contributed by atoms with Gasteiger partial charge in [-0.3, -0.25) is 4.68 Å². The number of nitrogens with zero attached hydrogens (tertiary/aromatic N) is 2. The molecule has 1 aliphatic heterocycles. The molecule has 1 aliphatic rings. The van der Waals surface area contributed by atoms with Crippen LogP contribution in [0.2, 0.25) is 0 Å². The SMILES string of the molecule is COC(=O)c1ccc2nn(CC3CCNCC3)cc2c1C. The number of esters is 1. The first-order valence-corrected chi connectivity index (χ1v) is 7.45. The largest absolute Gasteiger partial charge is 0.465 e. The number of ether oxygens (including phenoxy) is 1. The molecule has 5 heteroatoms. The van der Waals surface area contributed by atoms with Crippen LogP contribution in [0, 0.1) is 12.8 Å². The van der Waals surface area contributed by atoms with Crippen molar-refractivity contribution in [3.05, 3.63) is 29.5 Å². The van der Waals surface area contributed by atoms with Crippen molar-refractivity contribution in [2.24, 2.45) is 5.92 Å². The van der Waals surface area contributed by atoms with Crippen LogP contribution in [0.5, 0.6) is 0 Å². The van der Waals surface area contributed by atoms with E-state index in [1.165, 1.54) is 20.0 Å². The van der Waals surface area contributed by atoms with E-state index in [4.69, 9.17) is 4.74 Å². The molecule has 1 fully saturated rings. The Morgan fingerprint density at radius 2 is 2.19 bits per heavy atom. The lowest BCUT2D eigenvalue weighted by Gasteiger charge is -2.22. The maximum Gasteiger partial charge on any atom is 0.338 e. The highest BCUT2D eigenvalue weighted by Gasteiger charge is 2.16. The van der Waals surface area contributed by atoms with Crippen molar-refractivity contribution in [1.82, 2.24) is 15.1 Å². The van der Waals surface area contributed by atoms with Crippen molar-refractivity contribution >= 4 is 16.9 Å². The van der Waals surface area contributed by atoms with Gasteiger partial charge < -0.3 is 10.1 Å². The molecule has 5 nitrogen and oxygen atoms in total. The van der Waals surface area contributed by atoms with E-state index in [-0.39, 0.29) is 5.97 Å². The third kappa shape index (κ3) is 2.78. The van der Waals surface area contributed by atoms with Gasteiger partial charge in [0.15, 0.2) is 0 Å². The van der Waals surface area contributed by atoms with E-state index in [1.54, 1.807) is 6.07 Å². The molecule has 0 bridgehead atoms. The van der Waals surface area contributed by atoms with Crippen molar-refractivity contribution in [2.45, 2.75) is 26.3 Å². The Bertz CT molecular complexity index is 657. The van der Waals surface area contributed by atoms with Crippen LogP contribution in [0.3, 0.4) is 0 Å². The second-order valence-electron chi connectivity index (χ2n) is 5.71. The molecular formula is C16H21N3O2. The van der Waals surface area contributed by atoms with Crippen molar-refractivity contribution in [1.29, 1.82) is 0 Å². The number of hydrogen-bond acceptors (Lipinski definition) is 4. The number of carbonyl (C=O) groups is 1. The van der Waals surface area contributed by atoms with Gasteiger partial charge in [-0.25, -0.2) is 4.79 Å². The molecule has 0 atom stereocenters. The molecular weight excluding hydrogens is 266 g/mol. The van der Waals surface area contributed by atoms with Gasteiger partial charge in [0.05, 0.1) is 18.2 Å². The zero-order valence-electron chi connectivity index (χ0n) is 12.6. The van der Waals surface area contributed by atoms with Gasteiger partial charge >= 0.3 is 5.97 Å². The number of benzene rings is 1. The van der Waals surface area contributed by atoms with Gasteiger partial charge in [-0.1, -0.05) is 0 Å². The van der Waals surface area contributed by atoms with E-state index < -0.39 is 0 Å². The number of rotatable bonds is 3. The molecule has 0 aliphatic carbocycles. The highest BCUT2D eigenvalue weighted by molar-refractivity contribution is 5.97. The van der Waals surface area contributed by atoms with Gasteiger partial charge in [-0.05, 0) is 56.5 Å². The first-order valence-electron chi connectivity index (χ1n) is 7.45. The predicted molar refractivity (Wildman–Crippen MR) is 81.4 cm³/mol. The number of methoxy groups -OCH3 is 1. The third-order valence-corrected chi connectivity index (χ3v) is 4.32. The highest BCUT2D eigenvalue weighted by atomic mass is 16.5. The van der Waals surface area contributed by atoms with Crippen LogP contribution in [0.4, 0.5) is 0 Å². The summed E-state index contributed by atoms with van der Waals surface area (Å²) in [6.07, 6.45) is 4.45. The Morgan fingerprint density at radius 3 is 2.90 bits per heavy atom. The van der Waals surface area contributed by atoms with Gasteiger partial charge in [0.25, 0.3) is 0 Å². The maximum atomic E-state index is 11.7. The monoisotopic (exact) mass is 287 g/mol. The summed E-state index contributed by atoms with van der Waals surface area (Å²) >= 11 is 0. The van der Waals surface area contributed by atoms with Gasteiger partial charge in [0, 0.05) is 18.1 Å². The fourth-order valence-electron chi connectivity index (χ4n) is 3.03. The Kier molecular flexibility index (Phi) is 3.92. The fourth-order valence-corrected chi connectivity index (χ4v) is 3.03. The van der Waals surface area contributed by atoms with E-state index in [1.807, 2.05) is 17.7 Å². The van der Waals surface area contributed by atoms with Crippen LogP contribution >= 0.6 is 0 Å². The van der Waals surface area contributed by atoms with E-state index in [0.717, 1.165) is 36.1 Å². The van der Waals surface area contributed by atoms with E-state index in [0.29, 0.717) is 11.5 Å². The summed E-state index contributed by atoms with van der Waals surface area (Å²) < 4.78 is 6.84. The predicted octanol–water partition coefficient (Wildman–Crippen LogP) is 2.13. The van der Waals surface area contributed by atoms with E-state index >= 15 is 0 Å². The van der Waals surface area contributed by atoms with Gasteiger partial charge in [-0.15, -0.1) is 0 Å². The average molecular weight is 287 g/mol. The third-order valence-electron chi connectivity index (χ3n) is 4.32. The van der Waals surface area contributed by atoms with Crippen LogP contribution in [0.25, 0.3) is 10.9 Å². The second-order valence-corrected chi connectivity index (χ2v) is 5.71. The number of nitrogens with one attached hydrogen (secondary N) is 1. The Labute approximate surface area is 124 Å². The van der Waals surface area contributed by atoms with Crippen LogP contribution in [0.1, 0.15) is 28.8 Å². The summed E-state index contributed by atoms with van der Waals surface area (Å²) in [6, 6.07) is 3.69. The minimum atomic E-state index is -0.291. The molecule has 0 spiro atoms. The van der Waals surface area contributed by atoms with Crippen LogP contribution < -0.4 is 5.32 Å². The van der Waals surface area contributed by atoms with Crippen molar-refractivity contribution < 1.29 is 9.53 Å². The van der Waals surface area contributed by atoms with Gasteiger partial charge in [-0.2, -0.15) is 5.10 Å². The Balaban J connectivity index is 1.89. The number of aromatic nitrogens is 2. The van der Waals surface area contributed by atoms with Crippen molar-refractivity contribution in [2.75, 3.05) is 20.2 Å². The van der Waals surface area contributed by atoms with E-state index in [9.17, 15) is 4.79 Å². The number of piperidine rings is 1. The molecule has 1 aromatic heterocycles. The molecule has 0 saturated carbocycles. The lowest BCUT2D eigenvalue weighted by Crippen LogP contribution is -2.29. The quantitative estimate of drug-likeness (QED) is 0.879. The topological polar surface area (TPSA) is 56.1 Å². The lowest BCUT2D eigenvalue weighted by atomic mass is 9.98. The van der Waals surface area contributed by atoms with Gasteiger partial charge in [0.2, 0.25) is 0 Å². The van der Waals surface area contributed by atoms with E-state index in [2.05, 4.69) is 16.6 Å². The molecule has 3 rings (SSSR count). The molecule has 1 aromatic carbocycles. The zero-order chi connectivity index (χ0) is 14.8. The normalized spacial score (nSPS) is 16.3. The molecule has 1 saturated heterocycles. The summed E-state index contributed by atoms with van der Waals surface area (Å²) in [5, 5.41) is 9.05. The number of hydrogen-bond donors (Lipinski definition) is 1. The zero-order valence-corrected chi connectivity index (χ0v) is 12.6. The molecule has 21 heavy (non-hydrogen) atoms. The molecule has 1 N–H and O–H groups in total. The second kappa shape index (κ2) is 5.85. The summed E-state index contributed by atoms with van der Waals surface area (Å²) in [6.45, 7) is 5.09. The Hall–Kier alpha value is -1.88. The molecule has 2 aromatic rings. The molecule has 0 radical (unpaired) electrons. The summed E-state index contributed by atoms with van der Waals surface area (Å²) in [7, 11) is 1.41. The number of fused-ring (bicyclic) bond motifs is 1. The minimum absolute atomic E-state index is 0.291. The summed E-state index contributed by atoms with van der Waals surface area (Å²) in [5.74, 6) is 0.390. The standard InChI is InChI=1S/C16H21N3O2/c1-11-13(16(20)21-2)3-4-15-14(11)10-19(18-15)9-12-5-7-17-8-6-12/h3-4,10,12,17H,5-9H2,1-2H3. The van der Waals surface area contributed by atoms with Crippen molar-refractivity contribution in [3.63, 3.8) is 0 Å². The summed E-state index contributed by atoms with van der Waals surface area (Å²) in [5.41, 5.74) is 2.50. The highest BCUT2D eigenvalue weighted by Crippen LogP contribution is 2.23. The maximum absolute atomic E-state index is 11.7. The van der Waals surface area contributed by atoms with Crippen LogP contribution in [-0.4, -0.2) is 35.9 Å². The molecule has 2 heterocycles. The average Bonchev–Trinajstić information content (AvgIpc) is 2.91. The van der Waals surface area contributed by atoms with Crippen LogP contribution in [0.15, 0.2) is 18.3 Å². The smallest absolute Gasteiger partial charge is 0.338 e. The number of aryl methyl sites for hydroxylation is 1. The molecule has 112 valence electrons. The number of carbonyl (C=O) groups excluding carboxylic acids is 1. The van der Waals surface area contributed by atoms with Crippen LogP contribution in [-0.2, 0) is 11.3 Å². The first-order chi connectivity index (χ1) is 10.2. The minimum Gasteiger partial charge on any atom is -0.465 e. The fraction of sp³-hybridized carbons (Fsp3) is 0.500. The Morgan fingerprint density at radius 1 is 1.43 bits per heavy atom. The lowest BCUT2D eigenvalue weighted by molar-refractivity contribution is 0.0600. The first kappa shape index (κ1) is 14.1. The molecule has 0 amide bonds.